The van der Waals surface area contributed by atoms with Crippen molar-refractivity contribution in [3.8, 4) is 0 Å². The van der Waals surface area contributed by atoms with Gasteiger partial charge in [-0.05, 0) is 12.1 Å². The molecular weight excluding hydrogens is 216 g/mol. The van der Waals surface area contributed by atoms with Gasteiger partial charge in [0.25, 0.3) is 0 Å². The van der Waals surface area contributed by atoms with Crippen molar-refractivity contribution in [1.29, 1.82) is 0 Å². The molecule has 0 aliphatic carbocycles. The van der Waals surface area contributed by atoms with Gasteiger partial charge in [-0.15, -0.1) is 11.8 Å². The Balaban J connectivity index is 2.48. The number of hydrogen-bond acceptors (Lipinski definition) is 5. The van der Waals surface area contributed by atoms with Gasteiger partial charge < -0.3 is 4.84 Å². The molecule has 0 fully saturated rings. The highest BCUT2D eigenvalue weighted by molar-refractivity contribution is 8.00. The Kier molecular flexibility index (Phi) is 5.17. The van der Waals surface area contributed by atoms with Gasteiger partial charge in [0.05, 0.1) is 5.37 Å². The predicted molar refractivity (Wildman–Crippen MR) is 62.0 cm³/mol. The van der Waals surface area contributed by atoms with Crippen molar-refractivity contribution in [2.24, 2.45) is 5.16 Å². The smallest absolute Gasteiger partial charge is 0.109 e. The van der Waals surface area contributed by atoms with Crippen molar-refractivity contribution in [1.82, 2.24) is 4.98 Å². The van der Waals surface area contributed by atoms with Crippen molar-refractivity contribution in [2.75, 3.05) is 12.9 Å². The minimum Gasteiger partial charge on any atom is -0.399 e. The Labute approximate surface area is 92.6 Å². The van der Waals surface area contributed by atoms with E-state index in [0.29, 0.717) is 11.5 Å². The van der Waals surface area contributed by atoms with Gasteiger partial charge in [0, 0.05) is 23.0 Å². The van der Waals surface area contributed by atoms with E-state index in [2.05, 4.69) is 32.6 Å². The van der Waals surface area contributed by atoms with Crippen LogP contribution in [-0.2, 0) is 4.84 Å². The summed E-state index contributed by atoms with van der Waals surface area (Å²) >= 11 is 6.28. The molecule has 0 amide bonds. The number of thiocarbonyl (C=S) groups is 1. The first-order valence-electron chi connectivity index (χ1n) is 3.88. The topological polar surface area (TPSA) is 34.5 Å². The zero-order valence-electron chi connectivity index (χ0n) is 7.64. The third-order valence-electron chi connectivity index (χ3n) is 1.34. The van der Waals surface area contributed by atoms with Crippen LogP contribution in [0.2, 0.25) is 0 Å². The van der Waals surface area contributed by atoms with E-state index in [4.69, 9.17) is 0 Å². The van der Waals surface area contributed by atoms with Gasteiger partial charge in [-0.3, -0.25) is 4.98 Å². The number of hydrogen-bond donors (Lipinski definition) is 0. The number of aromatic nitrogens is 1. The van der Waals surface area contributed by atoms with Crippen molar-refractivity contribution < 1.29 is 4.84 Å². The lowest BCUT2D eigenvalue weighted by Crippen LogP contribution is -2.02. The van der Waals surface area contributed by atoms with E-state index in [1.807, 2.05) is 12.1 Å². The summed E-state index contributed by atoms with van der Waals surface area (Å²) in [6.07, 6.45) is 3.49. The van der Waals surface area contributed by atoms with Gasteiger partial charge in [-0.25, -0.2) is 0 Å². The fourth-order valence-electron chi connectivity index (χ4n) is 0.771. The summed E-state index contributed by atoms with van der Waals surface area (Å²) in [5.74, 6) is 0.654. The lowest BCUT2D eigenvalue weighted by Gasteiger charge is -1.99. The van der Waals surface area contributed by atoms with E-state index in [0.717, 1.165) is 4.90 Å². The molecule has 0 aliphatic heterocycles. The lowest BCUT2D eigenvalue weighted by atomic mass is 10.5. The van der Waals surface area contributed by atoms with Crippen LogP contribution < -0.4 is 0 Å². The molecule has 73 valence electrons. The molecule has 5 heteroatoms. The molecule has 0 saturated carbocycles. The number of rotatable bonds is 5. The van der Waals surface area contributed by atoms with Crippen molar-refractivity contribution in [3.63, 3.8) is 0 Å². The van der Waals surface area contributed by atoms with Crippen LogP contribution in [0.25, 0.3) is 0 Å². The maximum absolute atomic E-state index is 4.67. The van der Waals surface area contributed by atoms with E-state index in [1.165, 1.54) is 7.11 Å². The third kappa shape index (κ3) is 3.85. The Morgan fingerprint density at radius 1 is 1.64 bits per heavy atom. The van der Waals surface area contributed by atoms with E-state index < -0.39 is 0 Å². The summed E-state index contributed by atoms with van der Waals surface area (Å²) in [4.78, 5) is 9.66. The van der Waals surface area contributed by atoms with E-state index in [9.17, 15) is 0 Å². The second kappa shape index (κ2) is 6.50. The molecule has 0 atom stereocenters. The van der Waals surface area contributed by atoms with Crippen LogP contribution >= 0.6 is 24.0 Å². The molecule has 1 rings (SSSR count). The van der Waals surface area contributed by atoms with E-state index in [-0.39, 0.29) is 0 Å². The van der Waals surface area contributed by atoms with E-state index >= 15 is 0 Å². The van der Waals surface area contributed by atoms with E-state index in [1.54, 1.807) is 24.2 Å². The average Bonchev–Trinajstić information content (AvgIpc) is 2.25. The molecule has 1 heterocycles. The molecule has 3 nitrogen and oxygen atoms in total. The van der Waals surface area contributed by atoms with Crippen LogP contribution in [0.1, 0.15) is 0 Å². The molecule has 0 N–H and O–H groups in total. The second-order valence-corrected chi connectivity index (χ2v) is 3.55. The van der Waals surface area contributed by atoms with Crippen LogP contribution in [0, 0.1) is 0 Å². The van der Waals surface area contributed by atoms with Crippen LogP contribution in [0.15, 0.2) is 34.6 Å². The second-order valence-electron chi connectivity index (χ2n) is 2.29. The largest absolute Gasteiger partial charge is 0.399 e. The zero-order chi connectivity index (χ0) is 10.2. The standard InChI is InChI=1S/C9H9N2OS2/c1-12-11-8(6-13)7-14-9-2-4-10-5-3-9/h2-5H,7H2,1H3. The lowest BCUT2D eigenvalue weighted by molar-refractivity contribution is 0.214. The summed E-state index contributed by atoms with van der Waals surface area (Å²) in [6.45, 7) is 0. The highest BCUT2D eigenvalue weighted by Gasteiger charge is 1.98. The summed E-state index contributed by atoms with van der Waals surface area (Å²) in [5, 5.41) is 6.27. The Morgan fingerprint density at radius 3 is 2.93 bits per heavy atom. The first kappa shape index (κ1) is 11.1. The Bertz CT molecular complexity index is 314. The van der Waals surface area contributed by atoms with Crippen LogP contribution in [0.3, 0.4) is 0 Å². The first-order chi connectivity index (χ1) is 6.86. The molecule has 1 radical (unpaired) electrons. The third-order valence-corrected chi connectivity index (χ3v) is 2.60. The normalized spacial score (nSPS) is 11.1. The SMILES string of the molecule is CON=C([C]=S)CSc1ccncc1. The average molecular weight is 225 g/mol. The van der Waals surface area contributed by atoms with Gasteiger partial charge in [0.1, 0.15) is 12.8 Å². The highest BCUT2D eigenvalue weighted by Crippen LogP contribution is 2.15. The van der Waals surface area contributed by atoms with Crippen LogP contribution in [0.5, 0.6) is 0 Å². The first-order valence-corrected chi connectivity index (χ1v) is 5.27. The fraction of sp³-hybridized carbons (Fsp3) is 0.222. The molecule has 0 aromatic carbocycles. The molecule has 0 spiro atoms. The Morgan fingerprint density at radius 2 is 2.36 bits per heavy atom. The minimum atomic E-state index is 0.629. The quantitative estimate of drug-likeness (QED) is 0.332. The predicted octanol–water partition coefficient (Wildman–Crippen LogP) is 2.05. The van der Waals surface area contributed by atoms with Crippen LogP contribution in [-0.4, -0.2) is 28.9 Å². The minimum absolute atomic E-state index is 0.629. The maximum atomic E-state index is 4.67. The molecule has 1 aromatic heterocycles. The Hall–Kier alpha value is -0.940. The highest BCUT2D eigenvalue weighted by atomic mass is 32.2. The maximum Gasteiger partial charge on any atom is 0.109 e. The monoisotopic (exact) mass is 225 g/mol. The molecule has 14 heavy (non-hydrogen) atoms. The summed E-state index contributed by atoms with van der Waals surface area (Å²) in [5.41, 5.74) is 0.629. The number of pyridine rings is 1. The number of thioether (sulfide) groups is 1. The van der Waals surface area contributed by atoms with Gasteiger partial charge in [-0.1, -0.05) is 17.4 Å². The molecular formula is C9H9N2OS2. The molecule has 1 aromatic rings. The van der Waals surface area contributed by atoms with Gasteiger partial charge >= 0.3 is 0 Å². The fourth-order valence-corrected chi connectivity index (χ4v) is 1.71. The van der Waals surface area contributed by atoms with Crippen molar-refractivity contribution in [3.05, 3.63) is 24.5 Å². The van der Waals surface area contributed by atoms with Gasteiger partial charge in [-0.2, -0.15) is 0 Å². The summed E-state index contributed by atoms with van der Waals surface area (Å²) in [7, 11) is 1.49. The summed E-state index contributed by atoms with van der Waals surface area (Å²) in [6, 6.07) is 3.86. The molecule has 0 bridgehead atoms. The zero-order valence-corrected chi connectivity index (χ0v) is 9.27. The molecule has 0 aliphatic rings. The molecule has 0 unspecified atom stereocenters. The van der Waals surface area contributed by atoms with Crippen molar-refractivity contribution >= 4 is 35.1 Å². The van der Waals surface area contributed by atoms with Gasteiger partial charge in [0.2, 0.25) is 0 Å². The van der Waals surface area contributed by atoms with Gasteiger partial charge in [0.15, 0.2) is 0 Å². The number of nitrogens with zero attached hydrogens (tertiary/aromatic N) is 2. The van der Waals surface area contributed by atoms with Crippen molar-refractivity contribution in [2.45, 2.75) is 4.90 Å². The molecule has 0 saturated heterocycles. The number of oxime groups is 1. The summed E-state index contributed by atoms with van der Waals surface area (Å²) < 4.78 is 0. The van der Waals surface area contributed by atoms with Crippen LogP contribution in [0.4, 0.5) is 0 Å².